The third kappa shape index (κ3) is 2.48. The molecule has 1 aliphatic rings. The van der Waals surface area contributed by atoms with Crippen LogP contribution < -0.4 is 0 Å². The maximum absolute atomic E-state index is 6.74. The molecule has 0 saturated carbocycles. The predicted octanol–water partition coefficient (Wildman–Crippen LogP) is 5.22. The van der Waals surface area contributed by atoms with Crippen LogP contribution >= 0.6 is 22.9 Å². The average Bonchev–Trinajstić information content (AvgIpc) is 2.85. The molecule has 94 valence electrons. The monoisotopic (exact) mass is 276 g/mol. The second-order valence-electron chi connectivity index (χ2n) is 5.04. The normalized spacial score (nSPS) is 23.4. The number of alkyl halides is 1. The van der Waals surface area contributed by atoms with Gasteiger partial charge in [-0.15, -0.1) is 22.9 Å². The molecule has 1 aliphatic carbocycles. The van der Waals surface area contributed by atoms with Gasteiger partial charge in [-0.25, -0.2) is 0 Å². The van der Waals surface area contributed by atoms with Crippen LogP contribution in [0.4, 0.5) is 0 Å². The van der Waals surface area contributed by atoms with E-state index in [4.69, 9.17) is 11.6 Å². The summed E-state index contributed by atoms with van der Waals surface area (Å²) in [4.78, 5) is 1.46. The van der Waals surface area contributed by atoms with Crippen LogP contribution in [0.15, 0.2) is 41.8 Å². The molecular weight excluding hydrogens is 260 g/mol. The molecule has 2 atom stereocenters. The van der Waals surface area contributed by atoms with Crippen LogP contribution in [0.2, 0.25) is 0 Å². The average molecular weight is 277 g/mol. The summed E-state index contributed by atoms with van der Waals surface area (Å²) in [6.07, 6.45) is 4.80. The molecule has 2 unspecified atom stereocenters. The Morgan fingerprint density at radius 2 is 2.06 bits per heavy atom. The fourth-order valence-electron chi connectivity index (χ4n) is 2.88. The minimum Gasteiger partial charge on any atom is -0.149 e. The fourth-order valence-corrected chi connectivity index (χ4v) is 4.11. The van der Waals surface area contributed by atoms with E-state index in [-0.39, 0.29) is 5.38 Å². The quantitative estimate of drug-likeness (QED) is 0.521. The van der Waals surface area contributed by atoms with Crippen molar-refractivity contribution in [3.63, 3.8) is 0 Å². The summed E-state index contributed by atoms with van der Waals surface area (Å²) in [6, 6.07) is 13.0. The second kappa shape index (κ2) is 5.46. The Balaban J connectivity index is 1.85. The van der Waals surface area contributed by atoms with Crippen LogP contribution in [0.5, 0.6) is 0 Å². The zero-order chi connectivity index (χ0) is 12.4. The molecule has 0 nitrogen and oxygen atoms in total. The summed E-state index contributed by atoms with van der Waals surface area (Å²) >= 11 is 8.59. The van der Waals surface area contributed by atoms with E-state index >= 15 is 0 Å². The third-order valence-electron chi connectivity index (χ3n) is 3.83. The fraction of sp³-hybridized carbons (Fsp3) is 0.375. The number of rotatable bonds is 2. The SMILES string of the molecule is ClC1c2ccccc2CCCC1Cc1cccs1. The van der Waals surface area contributed by atoms with Gasteiger partial charge in [-0.2, -0.15) is 0 Å². The lowest BCUT2D eigenvalue weighted by molar-refractivity contribution is 0.468. The first-order chi connectivity index (χ1) is 8.84. The first-order valence-electron chi connectivity index (χ1n) is 6.59. The van der Waals surface area contributed by atoms with Crippen LogP contribution in [0, 0.1) is 5.92 Å². The maximum Gasteiger partial charge on any atom is 0.0619 e. The van der Waals surface area contributed by atoms with Gasteiger partial charge in [-0.05, 0) is 54.2 Å². The van der Waals surface area contributed by atoms with Crippen molar-refractivity contribution in [1.82, 2.24) is 0 Å². The Hall–Kier alpha value is -0.790. The van der Waals surface area contributed by atoms with Crippen molar-refractivity contribution >= 4 is 22.9 Å². The van der Waals surface area contributed by atoms with Crippen molar-refractivity contribution < 1.29 is 0 Å². The third-order valence-corrected chi connectivity index (χ3v) is 5.32. The molecule has 0 spiro atoms. The molecule has 0 saturated heterocycles. The lowest BCUT2D eigenvalue weighted by atomic mass is 9.92. The van der Waals surface area contributed by atoms with Crippen LogP contribution in [-0.4, -0.2) is 0 Å². The van der Waals surface area contributed by atoms with Gasteiger partial charge in [0, 0.05) is 4.88 Å². The Kier molecular flexibility index (Phi) is 3.72. The lowest BCUT2D eigenvalue weighted by Gasteiger charge is -2.20. The molecule has 0 N–H and O–H groups in total. The van der Waals surface area contributed by atoms with Crippen molar-refractivity contribution in [2.24, 2.45) is 5.92 Å². The number of hydrogen-bond donors (Lipinski definition) is 0. The van der Waals surface area contributed by atoms with E-state index in [1.807, 2.05) is 11.3 Å². The van der Waals surface area contributed by atoms with Gasteiger partial charge in [-0.1, -0.05) is 30.3 Å². The van der Waals surface area contributed by atoms with Crippen LogP contribution in [0.25, 0.3) is 0 Å². The Morgan fingerprint density at radius 1 is 1.17 bits per heavy atom. The molecule has 3 rings (SSSR count). The van der Waals surface area contributed by atoms with E-state index < -0.39 is 0 Å². The summed E-state index contributed by atoms with van der Waals surface area (Å²) in [7, 11) is 0. The highest BCUT2D eigenvalue weighted by Gasteiger charge is 2.26. The summed E-state index contributed by atoms with van der Waals surface area (Å²) in [5.41, 5.74) is 2.81. The first-order valence-corrected chi connectivity index (χ1v) is 7.90. The highest BCUT2D eigenvalue weighted by molar-refractivity contribution is 7.09. The first kappa shape index (κ1) is 12.3. The largest absolute Gasteiger partial charge is 0.149 e. The molecule has 0 radical (unpaired) electrons. The maximum atomic E-state index is 6.74. The van der Waals surface area contributed by atoms with E-state index in [0.29, 0.717) is 5.92 Å². The van der Waals surface area contributed by atoms with Gasteiger partial charge in [-0.3, -0.25) is 0 Å². The molecule has 1 aromatic heterocycles. The van der Waals surface area contributed by atoms with Crippen LogP contribution in [0.3, 0.4) is 0 Å². The number of fused-ring (bicyclic) bond motifs is 1. The summed E-state index contributed by atoms with van der Waals surface area (Å²) in [5, 5.41) is 2.33. The molecule has 2 heteroatoms. The number of benzene rings is 1. The van der Waals surface area contributed by atoms with E-state index in [2.05, 4.69) is 41.8 Å². The zero-order valence-corrected chi connectivity index (χ0v) is 11.9. The number of halogens is 1. The standard InChI is InChI=1S/C16H17ClS/c17-16-13(11-14-8-4-10-18-14)7-3-6-12-5-1-2-9-15(12)16/h1-2,4-5,8-10,13,16H,3,6-7,11H2. The van der Waals surface area contributed by atoms with Crippen molar-refractivity contribution in [2.45, 2.75) is 31.1 Å². The molecule has 0 fully saturated rings. The minimum atomic E-state index is 0.172. The summed E-state index contributed by atoms with van der Waals surface area (Å²) < 4.78 is 0. The van der Waals surface area contributed by atoms with Crippen molar-refractivity contribution in [3.8, 4) is 0 Å². The van der Waals surface area contributed by atoms with Crippen LogP contribution in [0.1, 0.15) is 34.2 Å². The van der Waals surface area contributed by atoms with Gasteiger partial charge < -0.3 is 0 Å². The van der Waals surface area contributed by atoms with Gasteiger partial charge in [0.15, 0.2) is 0 Å². The van der Waals surface area contributed by atoms with Crippen molar-refractivity contribution in [3.05, 3.63) is 57.8 Å². The van der Waals surface area contributed by atoms with Gasteiger partial charge in [0.1, 0.15) is 0 Å². The van der Waals surface area contributed by atoms with Crippen LogP contribution in [-0.2, 0) is 12.8 Å². The molecular formula is C16H17ClS. The van der Waals surface area contributed by atoms with Gasteiger partial charge in [0.25, 0.3) is 0 Å². The molecule has 0 amide bonds. The molecule has 18 heavy (non-hydrogen) atoms. The second-order valence-corrected chi connectivity index (χ2v) is 6.54. The van der Waals surface area contributed by atoms with E-state index in [1.54, 1.807) is 0 Å². The number of hydrogen-bond acceptors (Lipinski definition) is 1. The highest BCUT2D eigenvalue weighted by atomic mass is 35.5. The zero-order valence-electron chi connectivity index (χ0n) is 10.3. The van der Waals surface area contributed by atoms with Crippen molar-refractivity contribution in [1.29, 1.82) is 0 Å². The van der Waals surface area contributed by atoms with Gasteiger partial charge >= 0.3 is 0 Å². The highest BCUT2D eigenvalue weighted by Crippen LogP contribution is 2.39. The van der Waals surface area contributed by atoms with E-state index in [9.17, 15) is 0 Å². The summed E-state index contributed by atoms with van der Waals surface area (Å²) in [5.74, 6) is 0.578. The molecule has 2 aromatic rings. The number of aryl methyl sites for hydroxylation is 1. The smallest absolute Gasteiger partial charge is 0.0619 e. The van der Waals surface area contributed by atoms with Gasteiger partial charge in [0.2, 0.25) is 0 Å². The van der Waals surface area contributed by atoms with Gasteiger partial charge in [0.05, 0.1) is 5.38 Å². The van der Waals surface area contributed by atoms with E-state index in [0.717, 1.165) is 6.42 Å². The summed E-state index contributed by atoms with van der Waals surface area (Å²) in [6.45, 7) is 0. The predicted molar refractivity (Wildman–Crippen MR) is 79.5 cm³/mol. The molecule has 0 aliphatic heterocycles. The molecule has 1 heterocycles. The molecule has 0 bridgehead atoms. The molecule has 1 aromatic carbocycles. The number of thiophene rings is 1. The Morgan fingerprint density at radius 3 is 2.89 bits per heavy atom. The van der Waals surface area contributed by atoms with E-state index in [1.165, 1.54) is 35.3 Å². The Labute approximate surface area is 118 Å². The Bertz CT molecular complexity index is 504. The topological polar surface area (TPSA) is 0 Å². The van der Waals surface area contributed by atoms with Crippen molar-refractivity contribution in [2.75, 3.05) is 0 Å². The lowest BCUT2D eigenvalue weighted by Crippen LogP contribution is -2.09. The minimum absolute atomic E-state index is 0.172.